The Morgan fingerprint density at radius 1 is 0.878 bits per heavy atom. The van der Waals surface area contributed by atoms with E-state index in [2.05, 4.69) is 91.9 Å². The number of imidazole rings is 1. The molecule has 41 heavy (non-hydrogen) atoms. The third kappa shape index (κ3) is 5.90. The van der Waals surface area contributed by atoms with Crippen LogP contribution in [0.1, 0.15) is 18.4 Å². The van der Waals surface area contributed by atoms with E-state index in [0.29, 0.717) is 17.8 Å². The Kier molecular flexibility index (Phi) is 7.50. The highest BCUT2D eigenvalue weighted by molar-refractivity contribution is 7.08. The minimum atomic E-state index is 0.317. The van der Waals surface area contributed by atoms with E-state index in [-0.39, 0.29) is 0 Å². The summed E-state index contributed by atoms with van der Waals surface area (Å²) in [5.74, 6) is 1.33. The molecule has 0 spiro atoms. The molecule has 0 radical (unpaired) electrons. The fraction of sp³-hybridized carbons (Fsp3) is 0.323. The van der Waals surface area contributed by atoms with Gasteiger partial charge in [0.1, 0.15) is 6.33 Å². The number of nitrogens with zero attached hydrogens (tertiary/aromatic N) is 6. The highest BCUT2D eigenvalue weighted by Gasteiger charge is 2.22. The quantitative estimate of drug-likeness (QED) is 0.254. The largest absolute Gasteiger partial charge is 0.378 e. The van der Waals surface area contributed by atoms with Gasteiger partial charge in [-0.15, -0.1) is 0 Å². The van der Waals surface area contributed by atoms with Crippen LogP contribution in [0.2, 0.25) is 0 Å². The molecule has 5 aromatic rings. The van der Waals surface area contributed by atoms with Crippen molar-refractivity contribution in [1.29, 1.82) is 0 Å². The zero-order valence-electron chi connectivity index (χ0n) is 22.9. The Morgan fingerprint density at radius 2 is 1.68 bits per heavy atom. The summed E-state index contributed by atoms with van der Waals surface area (Å²) < 4.78 is 7.54. The first-order valence-electron chi connectivity index (χ1n) is 14.3. The summed E-state index contributed by atoms with van der Waals surface area (Å²) >= 11 is 1.66. The van der Waals surface area contributed by atoms with Gasteiger partial charge in [-0.3, -0.25) is 9.47 Å². The number of hydrogen-bond donors (Lipinski definition) is 2. The van der Waals surface area contributed by atoms with Gasteiger partial charge in [0.25, 0.3) is 0 Å². The number of nitrogens with one attached hydrogen (secondary N) is 2. The maximum Gasteiger partial charge on any atom is 0.227 e. The van der Waals surface area contributed by atoms with Crippen LogP contribution in [0.25, 0.3) is 16.9 Å². The lowest BCUT2D eigenvalue weighted by atomic mass is 10.0. The van der Waals surface area contributed by atoms with Crippen molar-refractivity contribution in [2.24, 2.45) is 0 Å². The molecule has 2 saturated heterocycles. The lowest BCUT2D eigenvalue weighted by molar-refractivity contribution is 0.122. The van der Waals surface area contributed by atoms with E-state index in [9.17, 15) is 0 Å². The van der Waals surface area contributed by atoms with Crippen LogP contribution in [0.15, 0.2) is 77.8 Å². The van der Waals surface area contributed by atoms with Gasteiger partial charge in [-0.05, 0) is 54.1 Å². The zero-order valence-corrected chi connectivity index (χ0v) is 23.8. The van der Waals surface area contributed by atoms with Crippen molar-refractivity contribution in [2.45, 2.75) is 25.4 Å². The van der Waals surface area contributed by atoms with E-state index in [0.717, 1.165) is 81.3 Å². The van der Waals surface area contributed by atoms with E-state index in [1.54, 1.807) is 11.3 Å². The first-order valence-corrected chi connectivity index (χ1v) is 15.2. The summed E-state index contributed by atoms with van der Waals surface area (Å²) in [4.78, 5) is 19.5. The van der Waals surface area contributed by atoms with Gasteiger partial charge >= 0.3 is 0 Å². The molecule has 2 aliphatic heterocycles. The molecular formula is C31H34N8OS. The Morgan fingerprint density at radius 3 is 2.44 bits per heavy atom. The van der Waals surface area contributed by atoms with Gasteiger partial charge < -0.3 is 20.3 Å². The fourth-order valence-electron chi connectivity index (χ4n) is 5.61. The molecule has 3 aromatic heterocycles. The van der Waals surface area contributed by atoms with Crippen LogP contribution in [0.3, 0.4) is 0 Å². The van der Waals surface area contributed by atoms with E-state index in [1.807, 2.05) is 10.9 Å². The molecule has 9 nitrogen and oxygen atoms in total. The molecule has 7 rings (SSSR count). The van der Waals surface area contributed by atoms with E-state index >= 15 is 0 Å². The van der Waals surface area contributed by atoms with Gasteiger partial charge in [-0.1, -0.05) is 30.3 Å². The second kappa shape index (κ2) is 11.9. The number of rotatable bonds is 8. The van der Waals surface area contributed by atoms with Crippen molar-refractivity contribution >= 4 is 45.6 Å². The van der Waals surface area contributed by atoms with Crippen molar-refractivity contribution in [2.75, 3.05) is 54.9 Å². The molecule has 0 saturated carbocycles. The van der Waals surface area contributed by atoms with Gasteiger partial charge in [-0.25, -0.2) is 4.98 Å². The van der Waals surface area contributed by atoms with Crippen LogP contribution in [-0.4, -0.2) is 69.9 Å². The average molecular weight is 567 g/mol. The molecule has 0 bridgehead atoms. The van der Waals surface area contributed by atoms with Crippen LogP contribution < -0.4 is 15.5 Å². The number of morpholine rings is 1. The summed E-state index contributed by atoms with van der Waals surface area (Å²) in [7, 11) is 0. The Bertz CT molecular complexity index is 1560. The highest BCUT2D eigenvalue weighted by Crippen LogP contribution is 2.29. The number of likely N-dealkylation sites (tertiary alicyclic amines) is 1. The van der Waals surface area contributed by atoms with Crippen LogP contribution in [0.5, 0.6) is 0 Å². The minimum absolute atomic E-state index is 0.317. The second-order valence-electron chi connectivity index (χ2n) is 10.6. The second-order valence-corrected chi connectivity index (χ2v) is 11.4. The highest BCUT2D eigenvalue weighted by atomic mass is 32.1. The van der Waals surface area contributed by atoms with Gasteiger partial charge in [0.2, 0.25) is 5.95 Å². The summed E-state index contributed by atoms with van der Waals surface area (Å²) in [5, 5.41) is 11.4. The van der Waals surface area contributed by atoms with Crippen molar-refractivity contribution in [3.8, 4) is 5.69 Å². The Hall–Kier alpha value is -3.99. The molecule has 0 amide bonds. The number of hydrogen-bond acceptors (Lipinski definition) is 9. The predicted molar refractivity (Wildman–Crippen MR) is 166 cm³/mol. The zero-order chi connectivity index (χ0) is 27.4. The van der Waals surface area contributed by atoms with E-state index in [1.165, 1.54) is 11.3 Å². The molecule has 0 unspecified atom stereocenters. The molecular weight excluding hydrogens is 532 g/mol. The van der Waals surface area contributed by atoms with Crippen LogP contribution >= 0.6 is 11.3 Å². The van der Waals surface area contributed by atoms with Crippen LogP contribution in [0, 0.1) is 0 Å². The summed E-state index contributed by atoms with van der Waals surface area (Å²) in [5.41, 5.74) is 6.12. The van der Waals surface area contributed by atoms with Crippen LogP contribution in [-0.2, 0) is 11.3 Å². The van der Waals surface area contributed by atoms with Crippen molar-refractivity contribution < 1.29 is 4.74 Å². The topological polar surface area (TPSA) is 83.4 Å². The first-order chi connectivity index (χ1) is 20.3. The number of piperidine rings is 1. The molecule has 2 aromatic carbocycles. The van der Waals surface area contributed by atoms with E-state index in [4.69, 9.17) is 19.7 Å². The van der Waals surface area contributed by atoms with Gasteiger partial charge in [0.05, 0.1) is 18.9 Å². The molecule has 10 heteroatoms. The number of ether oxygens (including phenoxy) is 1. The van der Waals surface area contributed by atoms with Gasteiger partial charge in [0, 0.05) is 55.5 Å². The molecule has 2 fully saturated rings. The van der Waals surface area contributed by atoms with Crippen molar-refractivity contribution in [1.82, 2.24) is 24.4 Å². The average Bonchev–Trinajstić information content (AvgIpc) is 3.70. The van der Waals surface area contributed by atoms with Gasteiger partial charge in [0.15, 0.2) is 17.0 Å². The number of fused-ring (bicyclic) bond motifs is 1. The molecule has 5 heterocycles. The van der Waals surface area contributed by atoms with E-state index < -0.39 is 0 Å². The maximum atomic E-state index is 5.50. The summed E-state index contributed by atoms with van der Waals surface area (Å²) in [6, 6.07) is 21.6. The molecule has 2 N–H and O–H groups in total. The number of anilines is 4. The lowest BCUT2D eigenvalue weighted by Gasteiger charge is -2.32. The smallest absolute Gasteiger partial charge is 0.227 e. The summed E-state index contributed by atoms with van der Waals surface area (Å²) in [6.45, 7) is 6.46. The Labute approximate surface area is 243 Å². The SMILES string of the molecule is c1ccc(CN2CCC(Nc3nc(Nc4ccc(N5CCOCC5)cc4)c4ncn(-c5ccsc5)c4n3)CC2)cc1. The number of benzene rings is 2. The van der Waals surface area contributed by atoms with Crippen molar-refractivity contribution in [3.05, 3.63) is 83.3 Å². The minimum Gasteiger partial charge on any atom is -0.378 e. The Balaban J connectivity index is 1.11. The lowest BCUT2D eigenvalue weighted by Crippen LogP contribution is -2.39. The maximum absolute atomic E-state index is 5.50. The molecule has 210 valence electrons. The predicted octanol–water partition coefficient (Wildman–Crippen LogP) is 5.53. The third-order valence-electron chi connectivity index (χ3n) is 7.86. The standard InChI is InChI=1S/C31H34N8OS/c1-2-4-23(5-3-1)20-37-13-10-25(11-14-37)34-31-35-29(28-30(36-31)39(22-32-28)27-12-19-41-21-27)33-24-6-8-26(9-7-24)38-15-17-40-18-16-38/h1-9,12,19,21-22,25H,10-11,13-18,20H2,(H2,33,34,35,36). The first kappa shape index (κ1) is 25.9. The molecule has 2 aliphatic rings. The van der Waals surface area contributed by atoms with Gasteiger partial charge in [-0.2, -0.15) is 21.3 Å². The number of aromatic nitrogens is 4. The third-order valence-corrected chi connectivity index (χ3v) is 8.53. The normalized spacial score (nSPS) is 16.7. The van der Waals surface area contributed by atoms with Crippen molar-refractivity contribution in [3.63, 3.8) is 0 Å². The number of thiophene rings is 1. The fourth-order valence-corrected chi connectivity index (χ4v) is 6.24. The molecule has 0 atom stereocenters. The summed E-state index contributed by atoms with van der Waals surface area (Å²) in [6.07, 6.45) is 3.92. The van der Waals surface area contributed by atoms with Crippen LogP contribution in [0.4, 0.5) is 23.1 Å². The molecule has 0 aliphatic carbocycles. The monoisotopic (exact) mass is 566 g/mol.